The summed E-state index contributed by atoms with van der Waals surface area (Å²) in [6.45, 7) is 12.5. The minimum absolute atomic E-state index is 0.282. The van der Waals surface area contributed by atoms with Crippen LogP contribution in [0.4, 0.5) is 0 Å². The highest BCUT2D eigenvalue weighted by Crippen LogP contribution is 2.08. The summed E-state index contributed by atoms with van der Waals surface area (Å²) >= 11 is 0. The summed E-state index contributed by atoms with van der Waals surface area (Å²) in [6, 6.07) is 0. The van der Waals surface area contributed by atoms with Gasteiger partial charge in [0.1, 0.15) is 0 Å². The SMILES string of the molecule is CCCCOCC1CN(CC(C)C)CCO1. The first-order valence-corrected chi connectivity index (χ1v) is 6.64. The molecule has 16 heavy (non-hydrogen) atoms. The molecule has 0 radical (unpaired) electrons. The second kappa shape index (κ2) is 8.04. The van der Waals surface area contributed by atoms with Crippen molar-refractivity contribution in [2.45, 2.75) is 39.7 Å². The number of nitrogens with zero attached hydrogens (tertiary/aromatic N) is 1. The Morgan fingerprint density at radius 3 is 2.94 bits per heavy atom. The Kier molecular flexibility index (Phi) is 7.01. The van der Waals surface area contributed by atoms with E-state index in [1.165, 1.54) is 13.0 Å². The molecule has 0 aliphatic carbocycles. The predicted molar refractivity (Wildman–Crippen MR) is 66.7 cm³/mol. The van der Waals surface area contributed by atoms with Crippen molar-refractivity contribution >= 4 is 0 Å². The van der Waals surface area contributed by atoms with E-state index in [0.717, 1.165) is 45.2 Å². The van der Waals surface area contributed by atoms with Crippen molar-refractivity contribution in [2.75, 3.05) is 39.5 Å². The lowest BCUT2D eigenvalue weighted by Crippen LogP contribution is -2.45. The van der Waals surface area contributed by atoms with Gasteiger partial charge in [0.05, 0.1) is 19.3 Å². The molecule has 0 amide bonds. The molecule has 1 unspecified atom stereocenters. The second-order valence-corrected chi connectivity index (χ2v) is 5.07. The highest BCUT2D eigenvalue weighted by molar-refractivity contribution is 4.71. The molecule has 1 aliphatic rings. The van der Waals surface area contributed by atoms with E-state index in [0.29, 0.717) is 0 Å². The average molecular weight is 229 g/mol. The van der Waals surface area contributed by atoms with Crippen molar-refractivity contribution in [3.63, 3.8) is 0 Å². The number of morpholine rings is 1. The van der Waals surface area contributed by atoms with Gasteiger partial charge in [0.2, 0.25) is 0 Å². The zero-order valence-corrected chi connectivity index (χ0v) is 11.1. The number of hydrogen-bond donors (Lipinski definition) is 0. The summed E-state index contributed by atoms with van der Waals surface area (Å²) in [5.41, 5.74) is 0. The summed E-state index contributed by atoms with van der Waals surface area (Å²) in [4.78, 5) is 2.49. The maximum atomic E-state index is 5.70. The van der Waals surface area contributed by atoms with Gasteiger partial charge in [-0.2, -0.15) is 0 Å². The van der Waals surface area contributed by atoms with Crippen molar-refractivity contribution in [1.82, 2.24) is 4.90 Å². The van der Waals surface area contributed by atoms with Gasteiger partial charge in [0.15, 0.2) is 0 Å². The monoisotopic (exact) mass is 229 g/mol. The van der Waals surface area contributed by atoms with E-state index >= 15 is 0 Å². The Morgan fingerprint density at radius 1 is 1.44 bits per heavy atom. The molecular weight excluding hydrogens is 202 g/mol. The zero-order valence-electron chi connectivity index (χ0n) is 11.1. The smallest absolute Gasteiger partial charge is 0.0935 e. The van der Waals surface area contributed by atoms with Crippen LogP contribution in [0.3, 0.4) is 0 Å². The first-order valence-electron chi connectivity index (χ1n) is 6.64. The molecule has 0 aromatic rings. The Balaban J connectivity index is 2.12. The lowest BCUT2D eigenvalue weighted by atomic mass is 10.2. The summed E-state index contributed by atoms with van der Waals surface area (Å²) in [6.07, 6.45) is 2.64. The van der Waals surface area contributed by atoms with Crippen molar-refractivity contribution in [3.8, 4) is 0 Å². The molecule has 0 spiro atoms. The van der Waals surface area contributed by atoms with Gasteiger partial charge in [-0.05, 0) is 12.3 Å². The normalized spacial score (nSPS) is 22.9. The summed E-state index contributed by atoms with van der Waals surface area (Å²) in [5.74, 6) is 0.736. The van der Waals surface area contributed by atoms with Crippen LogP contribution in [0, 0.1) is 5.92 Å². The van der Waals surface area contributed by atoms with Crippen LogP contribution in [0.25, 0.3) is 0 Å². The van der Waals surface area contributed by atoms with Crippen LogP contribution in [0.15, 0.2) is 0 Å². The molecule has 1 aliphatic heterocycles. The lowest BCUT2D eigenvalue weighted by Gasteiger charge is -2.33. The van der Waals surface area contributed by atoms with Crippen LogP contribution < -0.4 is 0 Å². The molecule has 1 heterocycles. The van der Waals surface area contributed by atoms with E-state index < -0.39 is 0 Å². The van der Waals surface area contributed by atoms with Gasteiger partial charge in [-0.3, -0.25) is 4.90 Å². The fourth-order valence-corrected chi connectivity index (χ4v) is 2.02. The summed E-state index contributed by atoms with van der Waals surface area (Å²) < 4.78 is 11.3. The third-order valence-corrected chi connectivity index (χ3v) is 2.79. The Bertz CT molecular complexity index is 173. The molecule has 1 fully saturated rings. The highest BCUT2D eigenvalue weighted by Gasteiger charge is 2.20. The van der Waals surface area contributed by atoms with Gasteiger partial charge in [-0.25, -0.2) is 0 Å². The molecule has 1 saturated heterocycles. The molecule has 0 aromatic heterocycles. The summed E-state index contributed by atoms with van der Waals surface area (Å²) in [7, 11) is 0. The van der Waals surface area contributed by atoms with Gasteiger partial charge in [-0.1, -0.05) is 27.2 Å². The molecule has 0 saturated carbocycles. The molecule has 0 aromatic carbocycles. The van der Waals surface area contributed by atoms with Crippen LogP contribution in [0.1, 0.15) is 33.6 Å². The molecule has 0 bridgehead atoms. The van der Waals surface area contributed by atoms with E-state index in [4.69, 9.17) is 9.47 Å². The highest BCUT2D eigenvalue weighted by atomic mass is 16.5. The number of unbranched alkanes of at least 4 members (excludes halogenated alkanes) is 1. The van der Waals surface area contributed by atoms with Gasteiger partial charge in [0, 0.05) is 26.2 Å². The maximum Gasteiger partial charge on any atom is 0.0935 e. The van der Waals surface area contributed by atoms with E-state index in [9.17, 15) is 0 Å². The van der Waals surface area contributed by atoms with E-state index in [-0.39, 0.29) is 6.10 Å². The first kappa shape index (κ1) is 13.9. The molecular formula is C13H27NO2. The Morgan fingerprint density at radius 2 is 2.25 bits per heavy atom. The number of rotatable bonds is 7. The predicted octanol–water partition coefficient (Wildman–Crippen LogP) is 2.16. The van der Waals surface area contributed by atoms with Crippen LogP contribution in [-0.2, 0) is 9.47 Å². The summed E-state index contributed by atoms with van der Waals surface area (Å²) in [5, 5.41) is 0. The van der Waals surface area contributed by atoms with Crippen molar-refractivity contribution in [3.05, 3.63) is 0 Å². The quantitative estimate of drug-likeness (QED) is 0.624. The van der Waals surface area contributed by atoms with E-state index in [2.05, 4.69) is 25.7 Å². The third kappa shape index (κ3) is 5.83. The number of ether oxygens (including phenoxy) is 2. The average Bonchev–Trinajstić information content (AvgIpc) is 2.24. The van der Waals surface area contributed by atoms with Gasteiger partial charge >= 0.3 is 0 Å². The lowest BCUT2D eigenvalue weighted by molar-refractivity contribution is -0.0712. The largest absolute Gasteiger partial charge is 0.379 e. The third-order valence-electron chi connectivity index (χ3n) is 2.79. The zero-order chi connectivity index (χ0) is 11.8. The van der Waals surface area contributed by atoms with Crippen LogP contribution in [0.2, 0.25) is 0 Å². The fraction of sp³-hybridized carbons (Fsp3) is 1.00. The Hall–Kier alpha value is -0.120. The van der Waals surface area contributed by atoms with E-state index in [1.807, 2.05) is 0 Å². The molecule has 1 atom stereocenters. The van der Waals surface area contributed by atoms with Crippen molar-refractivity contribution in [2.24, 2.45) is 5.92 Å². The van der Waals surface area contributed by atoms with Crippen molar-refractivity contribution < 1.29 is 9.47 Å². The minimum Gasteiger partial charge on any atom is -0.379 e. The van der Waals surface area contributed by atoms with Gasteiger partial charge in [0.25, 0.3) is 0 Å². The van der Waals surface area contributed by atoms with E-state index in [1.54, 1.807) is 0 Å². The van der Waals surface area contributed by atoms with Gasteiger partial charge in [-0.15, -0.1) is 0 Å². The molecule has 0 N–H and O–H groups in total. The van der Waals surface area contributed by atoms with Gasteiger partial charge < -0.3 is 9.47 Å². The number of hydrogen-bond acceptors (Lipinski definition) is 3. The molecule has 1 rings (SSSR count). The molecule has 3 heteroatoms. The van der Waals surface area contributed by atoms with Crippen molar-refractivity contribution in [1.29, 1.82) is 0 Å². The standard InChI is InChI=1S/C13H27NO2/c1-4-5-7-15-11-13-10-14(6-8-16-13)9-12(2)3/h12-13H,4-11H2,1-3H3. The van der Waals surface area contributed by atoms with Crippen LogP contribution in [0.5, 0.6) is 0 Å². The van der Waals surface area contributed by atoms with Crippen LogP contribution in [-0.4, -0.2) is 50.5 Å². The topological polar surface area (TPSA) is 21.7 Å². The second-order valence-electron chi connectivity index (χ2n) is 5.07. The molecule has 3 nitrogen and oxygen atoms in total. The maximum absolute atomic E-state index is 5.70. The first-order chi connectivity index (χ1) is 7.72. The van der Waals surface area contributed by atoms with Crippen LogP contribution >= 0.6 is 0 Å². The Labute approximate surface area is 100 Å². The molecule has 96 valence electrons. The minimum atomic E-state index is 0.282. The fourth-order valence-electron chi connectivity index (χ4n) is 2.02.